The molecular weight excluding hydrogens is 358 g/mol. The average molecular weight is 382 g/mol. The molecule has 0 aliphatic carbocycles. The Bertz CT molecular complexity index is 843. The predicted molar refractivity (Wildman–Crippen MR) is 112 cm³/mol. The van der Waals surface area contributed by atoms with Crippen molar-refractivity contribution in [2.45, 2.75) is 31.4 Å². The highest BCUT2D eigenvalue weighted by atomic mass is 32.2. The van der Waals surface area contributed by atoms with E-state index < -0.39 is 0 Å². The molecule has 6 heteroatoms. The van der Waals surface area contributed by atoms with E-state index in [9.17, 15) is 4.79 Å². The second-order valence-electron chi connectivity index (χ2n) is 6.62. The lowest BCUT2D eigenvalue weighted by atomic mass is 10.0. The van der Waals surface area contributed by atoms with E-state index >= 15 is 0 Å². The molecule has 2 aromatic carbocycles. The summed E-state index contributed by atoms with van der Waals surface area (Å²) in [6.07, 6.45) is 2.33. The summed E-state index contributed by atoms with van der Waals surface area (Å²) in [7, 11) is 1.64. The third-order valence-corrected chi connectivity index (χ3v) is 5.39. The maximum atomic E-state index is 12.2. The molecule has 1 fully saturated rings. The van der Waals surface area contributed by atoms with E-state index in [-0.39, 0.29) is 11.2 Å². The molecule has 0 radical (unpaired) electrons. The number of rotatable bonds is 6. The first-order valence-corrected chi connectivity index (χ1v) is 9.74. The normalized spacial score (nSPS) is 18.4. The Morgan fingerprint density at radius 1 is 1.15 bits per heavy atom. The number of methoxy groups -OCH3 is 1. The number of ether oxygens (including phenoxy) is 1. The zero-order valence-electron chi connectivity index (χ0n) is 15.7. The molecular formula is C21H23N3O2S. The molecule has 2 aromatic rings. The van der Waals surface area contributed by atoms with Crippen LogP contribution in [0.5, 0.6) is 5.75 Å². The number of amides is 1. The number of hydrogen-bond acceptors (Lipinski definition) is 5. The summed E-state index contributed by atoms with van der Waals surface area (Å²) >= 11 is 1.41. The molecule has 1 atom stereocenters. The molecule has 1 N–H and O–H groups in total. The third-order valence-electron chi connectivity index (χ3n) is 4.32. The van der Waals surface area contributed by atoms with Gasteiger partial charge in [0.25, 0.3) is 0 Å². The molecule has 1 heterocycles. The van der Waals surface area contributed by atoms with Crippen LogP contribution in [0.3, 0.4) is 0 Å². The summed E-state index contributed by atoms with van der Waals surface area (Å²) in [5.41, 5.74) is 3.35. The van der Waals surface area contributed by atoms with Gasteiger partial charge in [0.2, 0.25) is 5.91 Å². The summed E-state index contributed by atoms with van der Waals surface area (Å²) < 4.78 is 5.16. The van der Waals surface area contributed by atoms with Gasteiger partial charge in [-0.1, -0.05) is 62.0 Å². The van der Waals surface area contributed by atoms with Gasteiger partial charge in [-0.15, -0.1) is 5.10 Å². The lowest BCUT2D eigenvalue weighted by Crippen LogP contribution is -2.25. The highest BCUT2D eigenvalue weighted by Gasteiger charge is 2.30. The number of nitrogens with zero attached hydrogens (tertiary/aromatic N) is 2. The Morgan fingerprint density at radius 3 is 2.48 bits per heavy atom. The van der Waals surface area contributed by atoms with E-state index in [0.29, 0.717) is 17.5 Å². The summed E-state index contributed by atoms with van der Waals surface area (Å²) in [6, 6.07) is 16.0. The predicted octanol–water partition coefficient (Wildman–Crippen LogP) is 3.98. The Morgan fingerprint density at radius 2 is 1.85 bits per heavy atom. The number of hydrogen-bond donors (Lipinski definition) is 1. The maximum absolute atomic E-state index is 12.2. The second kappa shape index (κ2) is 8.86. The average Bonchev–Trinajstić information content (AvgIpc) is 3.02. The van der Waals surface area contributed by atoms with Gasteiger partial charge < -0.3 is 10.1 Å². The van der Waals surface area contributed by atoms with Crippen LogP contribution in [0.25, 0.3) is 0 Å². The Kier molecular flexibility index (Phi) is 6.29. The van der Waals surface area contributed by atoms with E-state index in [0.717, 1.165) is 16.9 Å². The quantitative estimate of drug-likeness (QED) is 0.608. The molecule has 3 rings (SSSR count). The smallest absolute Gasteiger partial charge is 0.239 e. The van der Waals surface area contributed by atoms with Gasteiger partial charge in [-0.2, -0.15) is 5.10 Å². The second-order valence-corrected chi connectivity index (χ2v) is 7.81. The van der Waals surface area contributed by atoms with Crippen LogP contribution >= 0.6 is 11.8 Å². The van der Waals surface area contributed by atoms with Crippen molar-refractivity contribution < 1.29 is 9.53 Å². The van der Waals surface area contributed by atoms with Crippen molar-refractivity contribution in [2.75, 3.05) is 7.11 Å². The van der Waals surface area contributed by atoms with E-state index in [2.05, 4.69) is 41.5 Å². The van der Waals surface area contributed by atoms with Crippen LogP contribution in [0.15, 0.2) is 58.7 Å². The molecule has 0 spiro atoms. The summed E-state index contributed by atoms with van der Waals surface area (Å²) in [4.78, 5) is 12.2. The largest absolute Gasteiger partial charge is 0.497 e. The van der Waals surface area contributed by atoms with Gasteiger partial charge in [-0.25, -0.2) is 0 Å². The van der Waals surface area contributed by atoms with E-state index in [1.807, 2.05) is 36.4 Å². The maximum Gasteiger partial charge on any atom is 0.239 e. The van der Waals surface area contributed by atoms with Crippen molar-refractivity contribution in [3.05, 3.63) is 65.2 Å². The molecule has 27 heavy (non-hydrogen) atoms. The van der Waals surface area contributed by atoms with Gasteiger partial charge in [0.15, 0.2) is 5.17 Å². The van der Waals surface area contributed by atoms with Crippen molar-refractivity contribution >= 4 is 29.1 Å². The Balaban J connectivity index is 1.58. The molecule has 1 unspecified atom stereocenters. The Hall–Kier alpha value is -2.60. The molecule has 140 valence electrons. The summed E-state index contributed by atoms with van der Waals surface area (Å²) in [6.45, 7) is 4.33. The minimum absolute atomic E-state index is 0.0361. The molecule has 0 saturated carbocycles. The fourth-order valence-electron chi connectivity index (χ4n) is 2.68. The molecule has 1 aliphatic rings. The monoisotopic (exact) mass is 381 g/mol. The van der Waals surface area contributed by atoms with Crippen molar-refractivity contribution in [3.8, 4) is 5.75 Å². The van der Waals surface area contributed by atoms with Crippen molar-refractivity contribution in [1.82, 2.24) is 5.32 Å². The van der Waals surface area contributed by atoms with Gasteiger partial charge in [0.1, 0.15) is 5.75 Å². The third kappa shape index (κ3) is 5.20. The number of nitrogens with one attached hydrogen (secondary N) is 1. The molecule has 1 saturated heterocycles. The summed E-state index contributed by atoms with van der Waals surface area (Å²) in [5.74, 6) is 1.27. The molecule has 5 nitrogen and oxygen atoms in total. The van der Waals surface area contributed by atoms with Crippen LogP contribution in [0.1, 0.15) is 36.5 Å². The first-order chi connectivity index (χ1) is 13.0. The van der Waals surface area contributed by atoms with Crippen molar-refractivity contribution in [3.63, 3.8) is 0 Å². The number of thioether (sulfide) groups is 1. The zero-order chi connectivity index (χ0) is 19.2. The van der Waals surface area contributed by atoms with Crippen molar-refractivity contribution in [1.29, 1.82) is 0 Å². The van der Waals surface area contributed by atoms with Crippen LogP contribution in [-0.2, 0) is 11.2 Å². The van der Waals surface area contributed by atoms with E-state index in [1.165, 1.54) is 17.3 Å². The lowest BCUT2D eigenvalue weighted by Gasteiger charge is -2.06. The number of carbonyl (C=O) groups is 1. The van der Waals surface area contributed by atoms with Gasteiger partial charge in [0, 0.05) is 0 Å². The first kappa shape index (κ1) is 19.2. The SMILES string of the molecule is COc1ccc(CC2S/C(=N/N=C\c3ccc(C(C)C)cc3)NC2=O)cc1. The van der Waals surface area contributed by atoms with Gasteiger partial charge in [-0.05, 0) is 41.2 Å². The van der Waals surface area contributed by atoms with Crippen LogP contribution in [0.2, 0.25) is 0 Å². The van der Waals surface area contributed by atoms with Crippen LogP contribution in [0.4, 0.5) is 0 Å². The molecule has 1 amide bonds. The standard InChI is InChI=1S/C21H23N3O2S/c1-14(2)17-8-4-16(5-9-17)13-22-24-21-23-20(25)19(27-21)12-15-6-10-18(26-3)11-7-15/h4-11,13-14,19H,12H2,1-3H3,(H,23,24,25)/b22-13-. The van der Waals surface area contributed by atoms with Crippen LogP contribution in [0, 0.1) is 0 Å². The van der Waals surface area contributed by atoms with E-state index in [1.54, 1.807) is 13.3 Å². The zero-order valence-corrected chi connectivity index (χ0v) is 16.5. The van der Waals surface area contributed by atoms with Crippen LogP contribution in [-0.4, -0.2) is 29.6 Å². The Labute approximate surface area is 163 Å². The number of carbonyl (C=O) groups excluding carboxylic acids is 1. The molecule has 1 aliphatic heterocycles. The number of amidine groups is 1. The number of benzene rings is 2. The fraction of sp³-hybridized carbons (Fsp3) is 0.286. The topological polar surface area (TPSA) is 63.1 Å². The minimum Gasteiger partial charge on any atom is -0.497 e. The van der Waals surface area contributed by atoms with Gasteiger partial charge in [-0.3, -0.25) is 4.79 Å². The molecule has 0 aromatic heterocycles. The van der Waals surface area contributed by atoms with Gasteiger partial charge >= 0.3 is 0 Å². The minimum atomic E-state index is -0.197. The highest BCUT2D eigenvalue weighted by molar-refractivity contribution is 8.15. The van der Waals surface area contributed by atoms with E-state index in [4.69, 9.17) is 4.74 Å². The van der Waals surface area contributed by atoms with Gasteiger partial charge in [0.05, 0.1) is 18.6 Å². The lowest BCUT2D eigenvalue weighted by molar-refractivity contribution is -0.118. The van der Waals surface area contributed by atoms with Crippen molar-refractivity contribution in [2.24, 2.45) is 10.2 Å². The molecule has 0 bridgehead atoms. The highest BCUT2D eigenvalue weighted by Crippen LogP contribution is 2.24. The summed E-state index contributed by atoms with van der Waals surface area (Å²) in [5, 5.41) is 11.4. The van der Waals surface area contributed by atoms with Crippen LogP contribution < -0.4 is 10.1 Å². The fourth-order valence-corrected chi connectivity index (χ4v) is 3.64. The first-order valence-electron chi connectivity index (χ1n) is 8.86.